The molecule has 0 N–H and O–H groups in total. The van der Waals surface area contributed by atoms with Gasteiger partial charge in [-0.3, -0.25) is 3.97 Å². The quantitative estimate of drug-likeness (QED) is 0.591. The van der Waals surface area contributed by atoms with Crippen molar-refractivity contribution in [2.45, 2.75) is 8.95 Å². The second-order valence-corrected chi connectivity index (χ2v) is 5.56. The topological polar surface area (TPSA) is 4.93 Å². The summed E-state index contributed by atoms with van der Waals surface area (Å²) in [6, 6.07) is 3.66. The van der Waals surface area contributed by atoms with E-state index in [4.69, 9.17) is 23.2 Å². The Morgan fingerprint density at radius 3 is 2.75 bits per heavy atom. The fourth-order valence-corrected chi connectivity index (χ4v) is 2.44. The first kappa shape index (κ1) is 10.6. The lowest BCUT2D eigenvalue weighted by Crippen LogP contribution is -2.01. The summed E-state index contributed by atoms with van der Waals surface area (Å²) in [5.41, 5.74) is 0. The maximum atomic E-state index is 12.7. The summed E-state index contributed by atoms with van der Waals surface area (Å²) in [7, 11) is 0. The molecule has 0 aliphatic heterocycles. The van der Waals surface area contributed by atoms with Gasteiger partial charge >= 0.3 is 3.92 Å². The van der Waals surface area contributed by atoms with E-state index >= 15 is 0 Å². The first-order valence-corrected chi connectivity index (χ1v) is 5.76. The molecule has 0 aliphatic carbocycles. The Labute approximate surface area is 88.7 Å². The van der Waals surface area contributed by atoms with Gasteiger partial charge in [0.1, 0.15) is 0 Å². The SMILES string of the molecule is CSc1cccn1SC(F)(Cl)Cl. The summed E-state index contributed by atoms with van der Waals surface area (Å²) >= 11 is 12.6. The average molecular weight is 246 g/mol. The molecule has 0 saturated heterocycles. The summed E-state index contributed by atoms with van der Waals surface area (Å²) in [6.45, 7) is 0. The second-order valence-electron chi connectivity index (χ2n) is 1.91. The van der Waals surface area contributed by atoms with Gasteiger partial charge in [-0.2, -0.15) is 4.39 Å². The standard InChI is InChI=1S/C6H6Cl2FNS2/c1-11-5-3-2-4-10(5)12-6(7,8)9/h2-4H,1H3. The van der Waals surface area contributed by atoms with Gasteiger partial charge in [-0.15, -0.1) is 11.8 Å². The number of alkyl halides is 3. The average Bonchev–Trinajstić information content (AvgIpc) is 2.31. The van der Waals surface area contributed by atoms with Crippen molar-refractivity contribution in [2.75, 3.05) is 6.26 Å². The molecule has 12 heavy (non-hydrogen) atoms. The Kier molecular flexibility index (Phi) is 3.64. The molecule has 1 aromatic rings. The lowest BCUT2D eigenvalue weighted by atomic mass is 10.7. The summed E-state index contributed by atoms with van der Waals surface area (Å²) in [5.74, 6) is 0. The Morgan fingerprint density at radius 2 is 2.25 bits per heavy atom. The van der Waals surface area contributed by atoms with Crippen LogP contribution in [0.4, 0.5) is 4.39 Å². The molecule has 1 aromatic heterocycles. The summed E-state index contributed by atoms with van der Waals surface area (Å²) in [4.78, 5) is 0. The van der Waals surface area contributed by atoms with Gasteiger partial charge in [-0.05, 0) is 18.4 Å². The molecule has 0 atom stereocenters. The second kappa shape index (κ2) is 4.13. The molecule has 0 aliphatic rings. The van der Waals surface area contributed by atoms with E-state index in [1.54, 1.807) is 16.2 Å². The summed E-state index contributed by atoms with van der Waals surface area (Å²) in [6.07, 6.45) is 3.60. The molecule has 0 radical (unpaired) electrons. The molecule has 0 fully saturated rings. The third kappa shape index (κ3) is 3.09. The zero-order valence-corrected chi connectivity index (χ0v) is 9.27. The highest BCUT2D eigenvalue weighted by Gasteiger charge is 2.25. The normalized spacial score (nSPS) is 12.0. The molecule has 0 aromatic carbocycles. The van der Waals surface area contributed by atoms with Crippen LogP contribution >= 0.6 is 46.9 Å². The number of aromatic nitrogens is 1. The molecule has 1 heterocycles. The lowest BCUT2D eigenvalue weighted by Gasteiger charge is -2.10. The third-order valence-corrected chi connectivity index (χ3v) is 3.09. The summed E-state index contributed by atoms with van der Waals surface area (Å²) in [5, 5.41) is 0.906. The number of halogens is 3. The van der Waals surface area contributed by atoms with Gasteiger partial charge in [0.2, 0.25) is 0 Å². The fourth-order valence-electron chi connectivity index (χ4n) is 0.695. The predicted molar refractivity (Wildman–Crippen MR) is 54.7 cm³/mol. The van der Waals surface area contributed by atoms with Crippen molar-refractivity contribution in [2.24, 2.45) is 0 Å². The van der Waals surface area contributed by atoms with E-state index in [-0.39, 0.29) is 0 Å². The van der Waals surface area contributed by atoms with Crippen molar-refractivity contribution in [3.63, 3.8) is 0 Å². The minimum atomic E-state index is -2.27. The zero-order valence-electron chi connectivity index (χ0n) is 6.13. The fraction of sp³-hybridized carbons (Fsp3) is 0.333. The number of hydrogen-bond donors (Lipinski definition) is 0. The van der Waals surface area contributed by atoms with Crippen LogP contribution in [0.5, 0.6) is 0 Å². The highest BCUT2D eigenvalue weighted by Crippen LogP contribution is 2.38. The third-order valence-electron chi connectivity index (χ3n) is 1.09. The molecule has 0 amide bonds. The van der Waals surface area contributed by atoms with Crippen LogP contribution < -0.4 is 0 Å². The molecule has 1 rings (SSSR count). The van der Waals surface area contributed by atoms with E-state index in [0.717, 1.165) is 17.0 Å². The molecule has 0 saturated carbocycles. The molecule has 0 unspecified atom stereocenters. The number of rotatable bonds is 3. The highest BCUT2D eigenvalue weighted by atomic mass is 35.5. The van der Waals surface area contributed by atoms with Gasteiger partial charge in [0.15, 0.2) is 0 Å². The first-order valence-electron chi connectivity index (χ1n) is 3.00. The Bertz CT molecular complexity index is 258. The maximum absolute atomic E-state index is 12.7. The van der Waals surface area contributed by atoms with Crippen LogP contribution in [0.1, 0.15) is 0 Å². The molecule has 0 bridgehead atoms. The molecular weight excluding hydrogens is 240 g/mol. The molecule has 68 valence electrons. The maximum Gasteiger partial charge on any atom is 0.323 e. The van der Waals surface area contributed by atoms with Crippen LogP contribution in [0.2, 0.25) is 0 Å². The minimum Gasteiger partial charge on any atom is -0.281 e. The number of hydrogen-bond acceptors (Lipinski definition) is 2. The molecular formula is C6H6Cl2FNS2. The largest absolute Gasteiger partial charge is 0.323 e. The smallest absolute Gasteiger partial charge is 0.281 e. The van der Waals surface area contributed by atoms with E-state index in [2.05, 4.69) is 0 Å². The molecule has 0 spiro atoms. The minimum absolute atomic E-state index is 0.719. The van der Waals surface area contributed by atoms with Crippen molar-refractivity contribution in [1.82, 2.24) is 3.97 Å². The van der Waals surface area contributed by atoms with Gasteiger partial charge in [-0.1, -0.05) is 23.2 Å². The van der Waals surface area contributed by atoms with Crippen molar-refractivity contribution < 1.29 is 4.39 Å². The predicted octanol–water partition coefficient (Wildman–Crippen LogP) is 3.76. The van der Waals surface area contributed by atoms with Crippen molar-refractivity contribution in [3.8, 4) is 0 Å². The van der Waals surface area contributed by atoms with Crippen LogP contribution in [0, 0.1) is 0 Å². The van der Waals surface area contributed by atoms with E-state index in [1.165, 1.54) is 11.8 Å². The Balaban J connectivity index is 2.75. The monoisotopic (exact) mass is 245 g/mol. The Morgan fingerprint density at radius 1 is 1.58 bits per heavy atom. The zero-order chi connectivity index (χ0) is 9.19. The van der Waals surface area contributed by atoms with E-state index < -0.39 is 3.92 Å². The van der Waals surface area contributed by atoms with Gasteiger partial charge in [-0.25, -0.2) is 0 Å². The van der Waals surface area contributed by atoms with E-state index in [0.29, 0.717) is 0 Å². The number of thioether (sulfide) groups is 1. The summed E-state index contributed by atoms with van der Waals surface area (Å²) < 4.78 is 12.0. The molecule has 1 nitrogen and oxygen atoms in total. The van der Waals surface area contributed by atoms with Crippen LogP contribution in [0.25, 0.3) is 0 Å². The van der Waals surface area contributed by atoms with Crippen LogP contribution in [0.15, 0.2) is 23.4 Å². The highest BCUT2D eigenvalue weighted by molar-refractivity contribution is 8.03. The van der Waals surface area contributed by atoms with Gasteiger partial charge in [0.05, 0.1) is 5.03 Å². The Hall–Kier alpha value is 0.490. The van der Waals surface area contributed by atoms with Crippen LogP contribution in [0.3, 0.4) is 0 Å². The van der Waals surface area contributed by atoms with E-state index in [9.17, 15) is 4.39 Å². The number of nitrogens with zero attached hydrogens (tertiary/aromatic N) is 1. The lowest BCUT2D eigenvalue weighted by molar-refractivity contribution is 0.513. The van der Waals surface area contributed by atoms with Crippen LogP contribution in [-0.2, 0) is 0 Å². The van der Waals surface area contributed by atoms with Crippen LogP contribution in [-0.4, -0.2) is 14.1 Å². The first-order chi connectivity index (χ1) is 5.53. The van der Waals surface area contributed by atoms with Crippen molar-refractivity contribution in [1.29, 1.82) is 0 Å². The van der Waals surface area contributed by atoms with Gasteiger partial charge in [0.25, 0.3) is 0 Å². The van der Waals surface area contributed by atoms with Gasteiger partial charge < -0.3 is 0 Å². The van der Waals surface area contributed by atoms with Gasteiger partial charge in [0, 0.05) is 18.1 Å². The van der Waals surface area contributed by atoms with E-state index in [1.807, 2.05) is 12.3 Å². The molecule has 6 heteroatoms. The van der Waals surface area contributed by atoms with Crippen molar-refractivity contribution in [3.05, 3.63) is 18.3 Å². The van der Waals surface area contributed by atoms with Crippen molar-refractivity contribution >= 4 is 46.9 Å².